The number of rotatable bonds is 3. The van der Waals surface area contributed by atoms with Gasteiger partial charge in [0, 0.05) is 6.54 Å². The van der Waals surface area contributed by atoms with Crippen molar-refractivity contribution in [3.05, 3.63) is 65.7 Å². The lowest BCUT2D eigenvalue weighted by molar-refractivity contribution is 0.468. The van der Waals surface area contributed by atoms with Gasteiger partial charge in [0.25, 0.3) is 0 Å². The standard InChI is InChI=1S/C14H14N2O/c17-13-8-4-7-12(9-13)14-15-16(14)10-11-5-2-1-3-6-11/h1-9,14-15,17H,10H2. The lowest BCUT2D eigenvalue weighted by atomic mass is 10.2. The summed E-state index contributed by atoms with van der Waals surface area (Å²) >= 11 is 0. The van der Waals surface area contributed by atoms with Crippen molar-refractivity contribution in [2.45, 2.75) is 12.7 Å². The Morgan fingerprint density at radius 3 is 2.65 bits per heavy atom. The zero-order valence-electron chi connectivity index (χ0n) is 9.38. The normalized spacial score (nSPS) is 22.4. The minimum absolute atomic E-state index is 0.224. The van der Waals surface area contributed by atoms with Gasteiger partial charge in [-0.1, -0.05) is 42.5 Å². The second-order valence-corrected chi connectivity index (χ2v) is 4.24. The van der Waals surface area contributed by atoms with E-state index in [0.29, 0.717) is 5.75 Å². The fourth-order valence-corrected chi connectivity index (χ4v) is 1.99. The van der Waals surface area contributed by atoms with E-state index in [0.717, 1.165) is 12.1 Å². The zero-order chi connectivity index (χ0) is 11.7. The lowest BCUT2D eigenvalue weighted by Crippen LogP contribution is -2.00. The molecule has 2 aromatic carbocycles. The average Bonchev–Trinajstić information content (AvgIpc) is 3.10. The molecule has 0 spiro atoms. The van der Waals surface area contributed by atoms with E-state index in [9.17, 15) is 5.11 Å². The molecular weight excluding hydrogens is 212 g/mol. The third-order valence-electron chi connectivity index (χ3n) is 2.91. The van der Waals surface area contributed by atoms with Crippen LogP contribution in [0, 0.1) is 0 Å². The van der Waals surface area contributed by atoms with Gasteiger partial charge >= 0.3 is 0 Å². The van der Waals surface area contributed by atoms with Crippen molar-refractivity contribution in [1.29, 1.82) is 0 Å². The van der Waals surface area contributed by atoms with Crippen molar-refractivity contribution >= 4 is 0 Å². The number of aromatic hydroxyl groups is 1. The first-order valence-corrected chi connectivity index (χ1v) is 5.68. The smallest absolute Gasteiger partial charge is 0.115 e. The van der Waals surface area contributed by atoms with Crippen molar-refractivity contribution in [2.24, 2.45) is 0 Å². The Morgan fingerprint density at radius 1 is 1.06 bits per heavy atom. The number of phenolic OH excluding ortho intramolecular Hbond substituents is 1. The van der Waals surface area contributed by atoms with Gasteiger partial charge < -0.3 is 5.11 Å². The van der Waals surface area contributed by atoms with Gasteiger partial charge in [-0.25, -0.2) is 10.4 Å². The van der Waals surface area contributed by atoms with Gasteiger partial charge in [-0.2, -0.15) is 0 Å². The van der Waals surface area contributed by atoms with E-state index in [4.69, 9.17) is 0 Å². The van der Waals surface area contributed by atoms with Crippen LogP contribution in [-0.4, -0.2) is 10.1 Å². The van der Waals surface area contributed by atoms with Crippen molar-refractivity contribution in [2.75, 3.05) is 0 Å². The number of benzene rings is 2. The number of phenols is 1. The van der Waals surface area contributed by atoms with Gasteiger partial charge in [0.15, 0.2) is 0 Å². The SMILES string of the molecule is Oc1cccc(C2NN2Cc2ccccc2)c1. The maximum atomic E-state index is 9.42. The van der Waals surface area contributed by atoms with Crippen molar-refractivity contribution < 1.29 is 5.11 Å². The Labute approximate surface area is 100 Å². The summed E-state index contributed by atoms with van der Waals surface area (Å²) in [6.45, 7) is 0.876. The monoisotopic (exact) mass is 226 g/mol. The second kappa shape index (κ2) is 4.20. The van der Waals surface area contributed by atoms with E-state index in [1.54, 1.807) is 12.1 Å². The zero-order valence-corrected chi connectivity index (χ0v) is 9.38. The molecule has 1 heterocycles. The predicted molar refractivity (Wildman–Crippen MR) is 66.0 cm³/mol. The van der Waals surface area contributed by atoms with Gasteiger partial charge in [0.05, 0.1) is 0 Å². The molecule has 0 bridgehead atoms. The van der Waals surface area contributed by atoms with Crippen LogP contribution in [-0.2, 0) is 6.54 Å². The van der Waals surface area contributed by atoms with Crippen LogP contribution in [0.3, 0.4) is 0 Å². The maximum absolute atomic E-state index is 9.42. The van der Waals surface area contributed by atoms with E-state index in [1.165, 1.54) is 5.56 Å². The molecular formula is C14H14N2O. The van der Waals surface area contributed by atoms with E-state index in [-0.39, 0.29) is 6.17 Å². The summed E-state index contributed by atoms with van der Waals surface area (Å²) < 4.78 is 0. The Morgan fingerprint density at radius 2 is 1.88 bits per heavy atom. The van der Waals surface area contributed by atoms with Crippen LogP contribution < -0.4 is 5.43 Å². The molecule has 2 aromatic rings. The highest BCUT2D eigenvalue weighted by atomic mass is 16.3. The minimum Gasteiger partial charge on any atom is -0.508 e. The Bertz CT molecular complexity index is 513. The summed E-state index contributed by atoms with van der Waals surface area (Å²) in [6, 6.07) is 17.7. The molecule has 3 heteroatoms. The third kappa shape index (κ3) is 2.30. The van der Waals surface area contributed by atoms with Crippen LogP contribution in [0.25, 0.3) is 0 Å². The van der Waals surface area contributed by atoms with Crippen molar-refractivity contribution in [3.63, 3.8) is 0 Å². The van der Waals surface area contributed by atoms with E-state index >= 15 is 0 Å². The molecule has 0 aliphatic carbocycles. The molecule has 2 unspecified atom stereocenters. The second-order valence-electron chi connectivity index (χ2n) is 4.24. The van der Waals surface area contributed by atoms with E-state index in [1.807, 2.05) is 30.3 Å². The van der Waals surface area contributed by atoms with Crippen molar-refractivity contribution in [3.8, 4) is 5.75 Å². The molecule has 1 fully saturated rings. The number of hydrazine groups is 1. The largest absolute Gasteiger partial charge is 0.508 e. The van der Waals surface area contributed by atoms with Crippen LogP contribution in [0.15, 0.2) is 54.6 Å². The van der Waals surface area contributed by atoms with Crippen LogP contribution >= 0.6 is 0 Å². The van der Waals surface area contributed by atoms with Crippen LogP contribution in [0.1, 0.15) is 17.3 Å². The predicted octanol–water partition coefficient (Wildman–Crippen LogP) is 2.41. The van der Waals surface area contributed by atoms with Gasteiger partial charge in [0.2, 0.25) is 0 Å². The lowest BCUT2D eigenvalue weighted by Gasteiger charge is -2.02. The first-order chi connectivity index (χ1) is 8.33. The van der Waals surface area contributed by atoms with Crippen LogP contribution in [0.4, 0.5) is 0 Å². The van der Waals surface area contributed by atoms with E-state index < -0.39 is 0 Å². The fourth-order valence-electron chi connectivity index (χ4n) is 1.99. The quantitative estimate of drug-likeness (QED) is 0.790. The molecule has 0 aromatic heterocycles. The summed E-state index contributed by atoms with van der Waals surface area (Å²) in [5.41, 5.74) is 5.66. The number of hydrogen-bond donors (Lipinski definition) is 2. The van der Waals surface area contributed by atoms with Crippen LogP contribution in [0.2, 0.25) is 0 Å². The highest BCUT2D eigenvalue weighted by Gasteiger charge is 2.34. The molecule has 3 rings (SSSR count). The number of hydrogen-bond acceptors (Lipinski definition) is 3. The van der Waals surface area contributed by atoms with E-state index in [2.05, 4.69) is 22.6 Å². The highest BCUT2D eigenvalue weighted by Crippen LogP contribution is 2.31. The highest BCUT2D eigenvalue weighted by molar-refractivity contribution is 5.31. The summed E-state index contributed by atoms with van der Waals surface area (Å²) in [6.07, 6.45) is 0.224. The number of nitrogens with zero attached hydrogens (tertiary/aromatic N) is 1. The minimum atomic E-state index is 0.224. The molecule has 17 heavy (non-hydrogen) atoms. The summed E-state index contributed by atoms with van der Waals surface area (Å²) in [5.74, 6) is 0.316. The molecule has 0 amide bonds. The molecule has 86 valence electrons. The molecule has 3 nitrogen and oxygen atoms in total. The first-order valence-electron chi connectivity index (χ1n) is 5.68. The fraction of sp³-hybridized carbons (Fsp3) is 0.143. The first kappa shape index (κ1) is 10.3. The Balaban J connectivity index is 1.67. The Kier molecular flexibility index (Phi) is 2.55. The molecule has 0 radical (unpaired) electrons. The van der Waals surface area contributed by atoms with Gasteiger partial charge in [-0.05, 0) is 23.3 Å². The number of nitrogens with one attached hydrogen (secondary N) is 1. The molecule has 2 atom stereocenters. The van der Waals surface area contributed by atoms with Gasteiger partial charge in [-0.3, -0.25) is 0 Å². The molecule has 0 saturated carbocycles. The van der Waals surface area contributed by atoms with Gasteiger partial charge in [0.1, 0.15) is 11.9 Å². The summed E-state index contributed by atoms with van der Waals surface area (Å²) in [4.78, 5) is 0. The molecule has 2 N–H and O–H groups in total. The maximum Gasteiger partial charge on any atom is 0.115 e. The third-order valence-corrected chi connectivity index (χ3v) is 2.91. The molecule has 1 aliphatic rings. The van der Waals surface area contributed by atoms with Crippen LogP contribution in [0.5, 0.6) is 5.75 Å². The molecule has 1 aliphatic heterocycles. The topological polar surface area (TPSA) is 45.2 Å². The van der Waals surface area contributed by atoms with Crippen molar-refractivity contribution in [1.82, 2.24) is 10.4 Å². The van der Waals surface area contributed by atoms with Gasteiger partial charge in [-0.15, -0.1) is 0 Å². The average molecular weight is 226 g/mol. The summed E-state index contributed by atoms with van der Waals surface area (Å²) in [5, 5.41) is 11.6. The summed E-state index contributed by atoms with van der Waals surface area (Å²) in [7, 11) is 0. The Hall–Kier alpha value is -1.84. The molecule has 1 saturated heterocycles.